The Morgan fingerprint density at radius 1 is 1.29 bits per heavy atom. The lowest BCUT2D eigenvalue weighted by atomic mass is 9.86. The SMILES string of the molecule is O=C(O)C1CCCC(NCCC(F)=C(F)F)C1. The number of aliphatic carboxylic acids is 1. The van der Waals surface area contributed by atoms with Crippen LogP contribution in [0.25, 0.3) is 0 Å². The summed E-state index contributed by atoms with van der Waals surface area (Å²) in [5.74, 6) is -2.60. The Bertz CT molecular complexity index is 303. The summed E-state index contributed by atoms with van der Waals surface area (Å²) in [6, 6.07) is -0.0136. The molecule has 98 valence electrons. The summed E-state index contributed by atoms with van der Waals surface area (Å²) in [5, 5.41) is 11.8. The highest BCUT2D eigenvalue weighted by atomic mass is 19.3. The topological polar surface area (TPSA) is 49.3 Å². The van der Waals surface area contributed by atoms with Crippen LogP contribution in [0.5, 0.6) is 0 Å². The predicted molar refractivity (Wildman–Crippen MR) is 56.4 cm³/mol. The molecule has 0 aromatic heterocycles. The normalized spacial score (nSPS) is 24.4. The zero-order valence-corrected chi connectivity index (χ0v) is 9.39. The molecule has 0 heterocycles. The number of rotatable bonds is 5. The van der Waals surface area contributed by atoms with Gasteiger partial charge in [0, 0.05) is 19.0 Å². The van der Waals surface area contributed by atoms with E-state index >= 15 is 0 Å². The zero-order chi connectivity index (χ0) is 12.8. The molecule has 1 rings (SSSR count). The van der Waals surface area contributed by atoms with E-state index in [1.54, 1.807) is 0 Å². The molecule has 6 heteroatoms. The summed E-state index contributed by atoms with van der Waals surface area (Å²) in [4.78, 5) is 10.8. The summed E-state index contributed by atoms with van der Waals surface area (Å²) in [5.41, 5.74) is 0. The predicted octanol–water partition coefficient (Wildman–Crippen LogP) is 2.69. The molecular weight excluding hydrogens is 235 g/mol. The molecule has 0 radical (unpaired) electrons. The van der Waals surface area contributed by atoms with Crippen LogP contribution >= 0.6 is 0 Å². The molecular formula is C11H16F3NO2. The number of carboxylic acid groups (broad SMARTS) is 1. The number of carbonyl (C=O) groups is 1. The molecule has 0 spiro atoms. The maximum absolute atomic E-state index is 12.5. The van der Waals surface area contributed by atoms with E-state index < -0.39 is 17.9 Å². The Morgan fingerprint density at radius 3 is 2.59 bits per heavy atom. The van der Waals surface area contributed by atoms with Crippen LogP contribution in [0, 0.1) is 5.92 Å². The van der Waals surface area contributed by atoms with Crippen LogP contribution in [0.4, 0.5) is 13.2 Å². The molecule has 1 fully saturated rings. The third-order valence-electron chi connectivity index (χ3n) is 3.01. The number of halogens is 3. The van der Waals surface area contributed by atoms with E-state index in [0.717, 1.165) is 12.8 Å². The van der Waals surface area contributed by atoms with Gasteiger partial charge in [0.25, 0.3) is 0 Å². The van der Waals surface area contributed by atoms with Crippen molar-refractivity contribution in [3.05, 3.63) is 11.9 Å². The molecule has 17 heavy (non-hydrogen) atoms. The minimum absolute atomic E-state index is 0.0136. The summed E-state index contributed by atoms with van der Waals surface area (Å²) in [7, 11) is 0. The molecule has 0 aliphatic heterocycles. The largest absolute Gasteiger partial charge is 0.481 e. The highest BCUT2D eigenvalue weighted by Gasteiger charge is 2.26. The highest BCUT2D eigenvalue weighted by molar-refractivity contribution is 5.70. The first-order valence-corrected chi connectivity index (χ1v) is 5.66. The molecule has 3 nitrogen and oxygen atoms in total. The van der Waals surface area contributed by atoms with Crippen LogP contribution in [0.15, 0.2) is 11.9 Å². The van der Waals surface area contributed by atoms with Crippen LogP contribution in [0.2, 0.25) is 0 Å². The first-order chi connectivity index (χ1) is 8.00. The van der Waals surface area contributed by atoms with Crippen molar-refractivity contribution in [2.75, 3.05) is 6.54 Å². The highest BCUT2D eigenvalue weighted by Crippen LogP contribution is 2.24. The van der Waals surface area contributed by atoms with Gasteiger partial charge in [-0.15, -0.1) is 0 Å². The van der Waals surface area contributed by atoms with Crippen molar-refractivity contribution in [3.63, 3.8) is 0 Å². The Kier molecular flexibility index (Phi) is 5.47. The molecule has 1 saturated carbocycles. The standard InChI is InChI=1S/C11H16F3NO2/c12-9(10(13)14)4-5-15-8-3-1-2-7(6-8)11(16)17/h7-8,15H,1-6H2,(H,16,17). The smallest absolute Gasteiger partial charge is 0.306 e. The van der Waals surface area contributed by atoms with E-state index in [9.17, 15) is 18.0 Å². The summed E-state index contributed by atoms with van der Waals surface area (Å²) in [6.07, 6.45) is 0.118. The van der Waals surface area contributed by atoms with Crippen LogP contribution < -0.4 is 5.32 Å². The fourth-order valence-corrected chi connectivity index (χ4v) is 2.08. The summed E-state index contributed by atoms with van der Waals surface area (Å²) < 4.78 is 36.0. The van der Waals surface area contributed by atoms with Gasteiger partial charge in [0.15, 0.2) is 5.83 Å². The maximum Gasteiger partial charge on any atom is 0.306 e. The van der Waals surface area contributed by atoms with Gasteiger partial charge >= 0.3 is 12.0 Å². The van der Waals surface area contributed by atoms with Gasteiger partial charge in [0.1, 0.15) is 0 Å². The van der Waals surface area contributed by atoms with Crippen molar-refractivity contribution in [2.24, 2.45) is 5.92 Å². The second kappa shape index (κ2) is 6.64. The molecule has 1 aliphatic carbocycles. The van der Waals surface area contributed by atoms with Gasteiger partial charge in [-0.05, 0) is 19.3 Å². The second-order valence-electron chi connectivity index (χ2n) is 4.27. The fraction of sp³-hybridized carbons (Fsp3) is 0.727. The molecule has 0 aromatic rings. The maximum atomic E-state index is 12.5. The van der Waals surface area contributed by atoms with Gasteiger partial charge < -0.3 is 10.4 Å². The molecule has 2 unspecified atom stereocenters. The van der Waals surface area contributed by atoms with E-state index in [1.165, 1.54) is 0 Å². The first kappa shape index (κ1) is 14.0. The number of hydrogen-bond acceptors (Lipinski definition) is 2. The van der Waals surface area contributed by atoms with Crippen molar-refractivity contribution in [3.8, 4) is 0 Å². The molecule has 1 aliphatic rings. The van der Waals surface area contributed by atoms with Crippen molar-refractivity contribution in [2.45, 2.75) is 38.1 Å². The van der Waals surface area contributed by atoms with E-state index in [0.29, 0.717) is 12.8 Å². The number of nitrogens with one attached hydrogen (secondary N) is 1. The lowest BCUT2D eigenvalue weighted by Gasteiger charge is -2.27. The van der Waals surface area contributed by atoms with E-state index in [2.05, 4.69) is 5.32 Å². The average molecular weight is 251 g/mol. The van der Waals surface area contributed by atoms with E-state index in [1.807, 2.05) is 0 Å². The third-order valence-corrected chi connectivity index (χ3v) is 3.01. The summed E-state index contributed by atoms with van der Waals surface area (Å²) >= 11 is 0. The van der Waals surface area contributed by atoms with E-state index in [4.69, 9.17) is 5.11 Å². The molecule has 0 aromatic carbocycles. The van der Waals surface area contributed by atoms with Crippen molar-refractivity contribution < 1.29 is 23.1 Å². The van der Waals surface area contributed by atoms with Gasteiger partial charge in [-0.25, -0.2) is 4.39 Å². The minimum Gasteiger partial charge on any atom is -0.481 e. The Hall–Kier alpha value is -1.04. The quantitative estimate of drug-likeness (QED) is 0.789. The van der Waals surface area contributed by atoms with Crippen molar-refractivity contribution in [1.29, 1.82) is 0 Å². The van der Waals surface area contributed by atoms with Gasteiger partial charge in [0.05, 0.1) is 5.92 Å². The second-order valence-corrected chi connectivity index (χ2v) is 4.27. The molecule has 0 saturated heterocycles. The van der Waals surface area contributed by atoms with Crippen LogP contribution in [0.3, 0.4) is 0 Å². The van der Waals surface area contributed by atoms with Gasteiger partial charge in [-0.2, -0.15) is 8.78 Å². The Labute approximate surface area is 97.7 Å². The lowest BCUT2D eigenvalue weighted by molar-refractivity contribution is -0.143. The van der Waals surface area contributed by atoms with Crippen LogP contribution in [0.1, 0.15) is 32.1 Å². The number of carboxylic acids is 1. The Morgan fingerprint density at radius 2 is 2.00 bits per heavy atom. The van der Waals surface area contributed by atoms with Crippen molar-refractivity contribution >= 4 is 5.97 Å². The molecule has 0 bridgehead atoms. The monoisotopic (exact) mass is 251 g/mol. The van der Waals surface area contributed by atoms with E-state index in [-0.39, 0.29) is 24.9 Å². The van der Waals surface area contributed by atoms with Gasteiger partial charge in [-0.3, -0.25) is 4.79 Å². The molecule has 2 atom stereocenters. The van der Waals surface area contributed by atoms with Crippen LogP contribution in [-0.2, 0) is 4.79 Å². The van der Waals surface area contributed by atoms with Gasteiger partial charge in [-0.1, -0.05) is 6.42 Å². The molecule has 0 amide bonds. The average Bonchev–Trinajstić information content (AvgIpc) is 2.29. The fourth-order valence-electron chi connectivity index (χ4n) is 2.08. The lowest BCUT2D eigenvalue weighted by Crippen LogP contribution is -2.36. The number of hydrogen-bond donors (Lipinski definition) is 2. The Balaban J connectivity index is 2.28. The minimum atomic E-state index is -2.28. The zero-order valence-electron chi connectivity index (χ0n) is 9.39. The summed E-state index contributed by atoms with van der Waals surface area (Å²) in [6.45, 7) is 0.111. The van der Waals surface area contributed by atoms with Crippen LogP contribution in [-0.4, -0.2) is 23.7 Å². The van der Waals surface area contributed by atoms with Gasteiger partial charge in [0.2, 0.25) is 0 Å². The third kappa shape index (κ3) is 4.77. The first-order valence-electron chi connectivity index (χ1n) is 5.66. The van der Waals surface area contributed by atoms with Crippen molar-refractivity contribution in [1.82, 2.24) is 5.32 Å². The molecule has 2 N–H and O–H groups in total.